The molecule has 0 saturated carbocycles. The molecule has 0 atom stereocenters. The first-order valence-corrected chi connectivity index (χ1v) is 5.94. The molecule has 0 aliphatic rings. The molecule has 0 radical (unpaired) electrons. The van der Waals surface area contributed by atoms with Crippen LogP contribution in [0.25, 0.3) is 0 Å². The quantitative estimate of drug-likeness (QED) is 0.672. The Morgan fingerprint density at radius 3 is 2.44 bits per heavy atom. The number of methoxy groups -OCH3 is 1. The van der Waals surface area contributed by atoms with Gasteiger partial charge in [-0.2, -0.15) is 0 Å². The summed E-state index contributed by atoms with van der Waals surface area (Å²) in [4.78, 5) is 11.4. The molecular weight excluding hydrogens is 232 g/mol. The third kappa shape index (κ3) is 5.54. The summed E-state index contributed by atoms with van der Waals surface area (Å²) < 4.78 is 10.5. The zero-order chi connectivity index (χ0) is 13.2. The Kier molecular flexibility index (Phi) is 6.64. The van der Waals surface area contributed by atoms with Crippen LogP contribution in [-0.2, 0) is 4.79 Å². The van der Waals surface area contributed by atoms with E-state index in [0.29, 0.717) is 19.6 Å². The Balaban J connectivity index is 2.18. The summed E-state index contributed by atoms with van der Waals surface area (Å²) in [6.07, 6.45) is 0.357. The van der Waals surface area contributed by atoms with Crippen LogP contribution in [0.4, 0.5) is 0 Å². The van der Waals surface area contributed by atoms with Gasteiger partial charge in [0, 0.05) is 13.1 Å². The fourth-order valence-corrected chi connectivity index (χ4v) is 1.35. The lowest BCUT2D eigenvalue weighted by molar-refractivity contribution is -0.121. The van der Waals surface area contributed by atoms with Gasteiger partial charge in [0.1, 0.15) is 11.5 Å². The lowest BCUT2D eigenvalue weighted by Gasteiger charge is -2.07. The van der Waals surface area contributed by atoms with Crippen LogP contribution in [0.15, 0.2) is 24.3 Å². The lowest BCUT2D eigenvalue weighted by atomic mass is 10.3. The van der Waals surface area contributed by atoms with E-state index in [1.54, 1.807) is 7.11 Å². The molecule has 0 spiro atoms. The normalized spacial score (nSPS) is 9.89. The molecule has 0 aliphatic carbocycles. The SMILES string of the molecule is CNCCNC(=O)CCOc1ccc(OC)cc1. The number of likely N-dealkylation sites (N-methyl/N-ethyl adjacent to an activating group) is 1. The van der Waals surface area contributed by atoms with Gasteiger partial charge in [0.25, 0.3) is 0 Å². The predicted octanol–water partition coefficient (Wildman–Crippen LogP) is 0.800. The standard InChI is InChI=1S/C13H20N2O3/c1-14-8-9-15-13(16)7-10-18-12-5-3-11(17-2)4-6-12/h3-6,14H,7-10H2,1-2H3,(H,15,16). The van der Waals surface area contributed by atoms with Crippen molar-refractivity contribution in [2.45, 2.75) is 6.42 Å². The van der Waals surface area contributed by atoms with E-state index >= 15 is 0 Å². The van der Waals surface area contributed by atoms with Crippen LogP contribution in [0.3, 0.4) is 0 Å². The van der Waals surface area contributed by atoms with E-state index in [0.717, 1.165) is 18.0 Å². The molecule has 5 nitrogen and oxygen atoms in total. The Morgan fingerprint density at radius 2 is 1.83 bits per heavy atom. The number of amides is 1. The molecule has 1 amide bonds. The summed E-state index contributed by atoms with van der Waals surface area (Å²) in [5.41, 5.74) is 0. The van der Waals surface area contributed by atoms with E-state index in [9.17, 15) is 4.79 Å². The fourth-order valence-electron chi connectivity index (χ4n) is 1.35. The highest BCUT2D eigenvalue weighted by molar-refractivity contribution is 5.75. The summed E-state index contributed by atoms with van der Waals surface area (Å²) in [6, 6.07) is 7.28. The number of hydrogen-bond donors (Lipinski definition) is 2. The van der Waals surface area contributed by atoms with Crippen molar-refractivity contribution in [3.05, 3.63) is 24.3 Å². The first-order valence-electron chi connectivity index (χ1n) is 5.94. The van der Waals surface area contributed by atoms with Crippen molar-refractivity contribution in [2.75, 3.05) is 33.9 Å². The maximum Gasteiger partial charge on any atom is 0.223 e. The van der Waals surface area contributed by atoms with Crippen molar-refractivity contribution < 1.29 is 14.3 Å². The third-order valence-electron chi connectivity index (χ3n) is 2.35. The molecule has 0 unspecified atom stereocenters. The summed E-state index contributed by atoms with van der Waals surface area (Å²) in [7, 11) is 3.46. The Hall–Kier alpha value is -1.75. The zero-order valence-corrected chi connectivity index (χ0v) is 10.9. The van der Waals surface area contributed by atoms with Gasteiger partial charge in [0.2, 0.25) is 5.91 Å². The van der Waals surface area contributed by atoms with Crippen molar-refractivity contribution in [1.29, 1.82) is 0 Å². The van der Waals surface area contributed by atoms with Gasteiger partial charge < -0.3 is 20.1 Å². The number of hydrogen-bond acceptors (Lipinski definition) is 4. The van der Waals surface area contributed by atoms with Crippen LogP contribution in [0, 0.1) is 0 Å². The summed E-state index contributed by atoms with van der Waals surface area (Å²) in [5.74, 6) is 1.52. The van der Waals surface area contributed by atoms with Crippen molar-refractivity contribution in [1.82, 2.24) is 10.6 Å². The number of ether oxygens (including phenoxy) is 2. The maximum atomic E-state index is 11.4. The number of nitrogens with one attached hydrogen (secondary N) is 2. The molecule has 100 valence electrons. The number of carbonyl (C=O) groups is 1. The van der Waals surface area contributed by atoms with Crippen LogP contribution in [0.2, 0.25) is 0 Å². The van der Waals surface area contributed by atoms with Crippen molar-refractivity contribution in [3.63, 3.8) is 0 Å². The van der Waals surface area contributed by atoms with Gasteiger partial charge in [-0.25, -0.2) is 0 Å². The molecule has 2 N–H and O–H groups in total. The summed E-state index contributed by atoms with van der Waals surface area (Å²) in [6.45, 7) is 1.78. The average molecular weight is 252 g/mol. The van der Waals surface area contributed by atoms with E-state index in [4.69, 9.17) is 9.47 Å². The van der Waals surface area contributed by atoms with Crippen molar-refractivity contribution in [3.8, 4) is 11.5 Å². The number of carbonyl (C=O) groups excluding carboxylic acids is 1. The van der Waals surface area contributed by atoms with Gasteiger partial charge in [0.05, 0.1) is 20.1 Å². The molecule has 0 fully saturated rings. The minimum atomic E-state index is -0.00115. The molecule has 0 aliphatic heterocycles. The topological polar surface area (TPSA) is 59.6 Å². The van der Waals surface area contributed by atoms with E-state index in [2.05, 4.69) is 10.6 Å². The molecule has 1 rings (SSSR count). The van der Waals surface area contributed by atoms with Crippen LogP contribution in [0.1, 0.15) is 6.42 Å². The Morgan fingerprint density at radius 1 is 1.17 bits per heavy atom. The Bertz CT molecular complexity index is 352. The monoisotopic (exact) mass is 252 g/mol. The van der Waals surface area contributed by atoms with Crippen molar-refractivity contribution >= 4 is 5.91 Å². The van der Waals surface area contributed by atoms with E-state index in [1.165, 1.54) is 0 Å². The summed E-state index contributed by atoms with van der Waals surface area (Å²) in [5, 5.41) is 5.74. The number of benzene rings is 1. The van der Waals surface area contributed by atoms with Crippen LogP contribution in [0.5, 0.6) is 11.5 Å². The number of rotatable bonds is 8. The van der Waals surface area contributed by atoms with Crippen LogP contribution < -0.4 is 20.1 Å². The van der Waals surface area contributed by atoms with Gasteiger partial charge in [-0.15, -0.1) is 0 Å². The molecule has 0 heterocycles. The maximum absolute atomic E-state index is 11.4. The smallest absolute Gasteiger partial charge is 0.223 e. The second-order valence-corrected chi connectivity index (χ2v) is 3.73. The molecule has 5 heteroatoms. The first-order chi connectivity index (χ1) is 8.76. The first kappa shape index (κ1) is 14.3. The lowest BCUT2D eigenvalue weighted by Crippen LogP contribution is -2.31. The summed E-state index contributed by atoms with van der Waals surface area (Å²) >= 11 is 0. The molecule has 1 aromatic rings. The van der Waals surface area contributed by atoms with Crippen molar-refractivity contribution in [2.24, 2.45) is 0 Å². The molecular formula is C13H20N2O3. The average Bonchev–Trinajstić information content (AvgIpc) is 2.40. The van der Waals surface area contributed by atoms with E-state index < -0.39 is 0 Å². The van der Waals surface area contributed by atoms with Gasteiger partial charge in [-0.3, -0.25) is 4.79 Å². The van der Waals surface area contributed by atoms with Gasteiger partial charge in [0.15, 0.2) is 0 Å². The highest BCUT2D eigenvalue weighted by Crippen LogP contribution is 2.16. The van der Waals surface area contributed by atoms with E-state index in [1.807, 2.05) is 31.3 Å². The van der Waals surface area contributed by atoms with E-state index in [-0.39, 0.29) is 5.91 Å². The van der Waals surface area contributed by atoms with Gasteiger partial charge >= 0.3 is 0 Å². The molecule has 0 aromatic heterocycles. The third-order valence-corrected chi connectivity index (χ3v) is 2.35. The molecule has 0 saturated heterocycles. The van der Waals surface area contributed by atoms with Gasteiger partial charge in [-0.05, 0) is 31.3 Å². The second-order valence-electron chi connectivity index (χ2n) is 3.73. The molecule has 1 aromatic carbocycles. The highest BCUT2D eigenvalue weighted by atomic mass is 16.5. The second kappa shape index (κ2) is 8.36. The molecule has 0 bridgehead atoms. The van der Waals surface area contributed by atoms with Crippen LogP contribution in [-0.4, -0.2) is 39.8 Å². The largest absolute Gasteiger partial charge is 0.497 e. The predicted molar refractivity (Wildman–Crippen MR) is 70.0 cm³/mol. The van der Waals surface area contributed by atoms with Gasteiger partial charge in [-0.1, -0.05) is 0 Å². The zero-order valence-electron chi connectivity index (χ0n) is 10.9. The van der Waals surface area contributed by atoms with Crippen LogP contribution >= 0.6 is 0 Å². The highest BCUT2D eigenvalue weighted by Gasteiger charge is 2.01. The fraction of sp³-hybridized carbons (Fsp3) is 0.462. The minimum Gasteiger partial charge on any atom is -0.497 e. The molecule has 18 heavy (non-hydrogen) atoms. The Labute approximate surface area is 107 Å². The minimum absolute atomic E-state index is 0.00115.